The molecule has 0 aromatic carbocycles. The zero-order valence-corrected chi connectivity index (χ0v) is 8.24. The van der Waals surface area contributed by atoms with E-state index in [0.717, 1.165) is 5.69 Å². The van der Waals surface area contributed by atoms with Crippen LogP contribution in [0.1, 0.15) is 10.6 Å². The number of hydrogen-bond donors (Lipinski definition) is 1. The van der Waals surface area contributed by atoms with Crippen LogP contribution < -0.4 is 5.73 Å². The van der Waals surface area contributed by atoms with Gasteiger partial charge in [-0.15, -0.1) is 11.3 Å². The highest BCUT2D eigenvalue weighted by atomic mass is 32.1. The summed E-state index contributed by atoms with van der Waals surface area (Å²) in [6.45, 7) is 0. The van der Waals surface area contributed by atoms with E-state index in [0.29, 0.717) is 5.95 Å². The fraction of sp³-hybridized carbons (Fsp3) is 0. The van der Waals surface area contributed by atoms with Crippen molar-refractivity contribution in [3.8, 4) is 0 Å². The molecule has 2 aromatic rings. The van der Waals surface area contributed by atoms with Gasteiger partial charge in [-0.05, 0) is 29.7 Å². The molecule has 2 aromatic heterocycles. The Bertz CT molecular complexity index is 434. The molecule has 0 amide bonds. The van der Waals surface area contributed by atoms with Crippen molar-refractivity contribution in [3.05, 3.63) is 40.3 Å². The number of rotatable bonds is 2. The van der Waals surface area contributed by atoms with E-state index in [9.17, 15) is 0 Å². The van der Waals surface area contributed by atoms with Gasteiger partial charge in [0.1, 0.15) is 0 Å². The highest BCUT2D eigenvalue weighted by Gasteiger charge is 1.91. The van der Waals surface area contributed by atoms with Crippen molar-refractivity contribution in [1.29, 1.82) is 0 Å². The van der Waals surface area contributed by atoms with Crippen LogP contribution in [0.4, 0.5) is 5.95 Å². The van der Waals surface area contributed by atoms with Crippen LogP contribution in [-0.4, -0.2) is 9.97 Å². The lowest BCUT2D eigenvalue weighted by molar-refractivity contribution is 1.17. The SMILES string of the molecule is Nc1nccc(/C=C/c2cccs2)n1. The van der Waals surface area contributed by atoms with Crippen LogP contribution in [0.15, 0.2) is 29.8 Å². The van der Waals surface area contributed by atoms with Gasteiger partial charge in [0.15, 0.2) is 0 Å². The summed E-state index contributed by atoms with van der Waals surface area (Å²) in [6.07, 6.45) is 5.58. The maximum atomic E-state index is 5.45. The van der Waals surface area contributed by atoms with Crippen LogP contribution in [0.25, 0.3) is 12.2 Å². The van der Waals surface area contributed by atoms with Gasteiger partial charge in [-0.3, -0.25) is 0 Å². The lowest BCUT2D eigenvalue weighted by Gasteiger charge is -1.92. The number of aromatic nitrogens is 2. The second-order valence-corrected chi connectivity index (χ2v) is 3.67. The molecular formula is C10H9N3S. The summed E-state index contributed by atoms with van der Waals surface area (Å²) in [5.74, 6) is 0.304. The molecule has 2 heterocycles. The van der Waals surface area contributed by atoms with Gasteiger partial charge < -0.3 is 5.73 Å². The molecule has 14 heavy (non-hydrogen) atoms. The van der Waals surface area contributed by atoms with Gasteiger partial charge in [0.25, 0.3) is 0 Å². The van der Waals surface area contributed by atoms with Crippen LogP contribution in [0.3, 0.4) is 0 Å². The summed E-state index contributed by atoms with van der Waals surface area (Å²) in [7, 11) is 0. The normalized spacial score (nSPS) is 10.9. The Morgan fingerprint density at radius 3 is 2.93 bits per heavy atom. The number of nitrogen functional groups attached to an aromatic ring is 1. The Balaban J connectivity index is 2.18. The van der Waals surface area contributed by atoms with Crippen molar-refractivity contribution in [2.24, 2.45) is 0 Å². The molecule has 2 N–H and O–H groups in total. The van der Waals surface area contributed by atoms with E-state index < -0.39 is 0 Å². The zero-order valence-electron chi connectivity index (χ0n) is 7.42. The largest absolute Gasteiger partial charge is 0.368 e. The molecule has 2 rings (SSSR count). The van der Waals surface area contributed by atoms with Gasteiger partial charge in [-0.2, -0.15) is 0 Å². The topological polar surface area (TPSA) is 51.8 Å². The predicted molar refractivity (Wildman–Crippen MR) is 59.7 cm³/mol. The summed E-state index contributed by atoms with van der Waals surface area (Å²) in [5, 5.41) is 2.04. The van der Waals surface area contributed by atoms with Crippen molar-refractivity contribution < 1.29 is 0 Å². The number of hydrogen-bond acceptors (Lipinski definition) is 4. The van der Waals surface area contributed by atoms with Gasteiger partial charge in [0, 0.05) is 11.1 Å². The molecule has 0 spiro atoms. The summed E-state index contributed by atoms with van der Waals surface area (Å²) < 4.78 is 0. The fourth-order valence-corrected chi connectivity index (χ4v) is 1.65. The second kappa shape index (κ2) is 4.02. The maximum absolute atomic E-state index is 5.45. The van der Waals surface area contributed by atoms with Gasteiger partial charge in [0.05, 0.1) is 5.69 Å². The van der Waals surface area contributed by atoms with E-state index in [4.69, 9.17) is 5.73 Å². The van der Waals surface area contributed by atoms with Crippen molar-refractivity contribution >= 4 is 29.4 Å². The van der Waals surface area contributed by atoms with Crippen LogP contribution >= 0.6 is 11.3 Å². The summed E-state index contributed by atoms with van der Waals surface area (Å²) in [4.78, 5) is 9.07. The first-order chi connectivity index (χ1) is 6.84. The number of nitrogens with zero attached hydrogens (tertiary/aromatic N) is 2. The fourth-order valence-electron chi connectivity index (χ4n) is 1.03. The van der Waals surface area contributed by atoms with E-state index in [1.165, 1.54) is 4.88 Å². The van der Waals surface area contributed by atoms with Crippen molar-refractivity contribution in [2.45, 2.75) is 0 Å². The van der Waals surface area contributed by atoms with E-state index >= 15 is 0 Å². The second-order valence-electron chi connectivity index (χ2n) is 2.69. The first-order valence-electron chi connectivity index (χ1n) is 4.15. The van der Waals surface area contributed by atoms with Crippen LogP contribution in [0, 0.1) is 0 Å². The number of nitrogens with two attached hydrogens (primary N) is 1. The third kappa shape index (κ3) is 2.17. The van der Waals surface area contributed by atoms with Crippen molar-refractivity contribution in [2.75, 3.05) is 5.73 Å². The molecule has 70 valence electrons. The maximum Gasteiger partial charge on any atom is 0.220 e. The minimum atomic E-state index is 0.304. The standard InChI is InChI=1S/C10H9N3S/c11-10-12-6-5-8(13-10)3-4-9-2-1-7-14-9/h1-7H,(H2,11,12,13)/b4-3+. The van der Waals surface area contributed by atoms with Crippen molar-refractivity contribution in [3.63, 3.8) is 0 Å². The Labute approximate surface area is 85.9 Å². The lowest BCUT2D eigenvalue weighted by atomic mass is 10.3. The Morgan fingerprint density at radius 1 is 1.29 bits per heavy atom. The van der Waals surface area contributed by atoms with E-state index in [1.807, 2.05) is 35.7 Å². The molecule has 0 saturated heterocycles. The molecule has 0 unspecified atom stereocenters. The molecule has 3 nitrogen and oxygen atoms in total. The van der Waals surface area contributed by atoms with E-state index in [2.05, 4.69) is 9.97 Å². The van der Waals surface area contributed by atoms with Crippen LogP contribution in [0.2, 0.25) is 0 Å². The summed E-state index contributed by atoms with van der Waals surface area (Å²) >= 11 is 1.68. The molecule has 0 aliphatic heterocycles. The smallest absolute Gasteiger partial charge is 0.220 e. The molecule has 4 heteroatoms. The summed E-state index contributed by atoms with van der Waals surface area (Å²) in [6, 6.07) is 5.88. The van der Waals surface area contributed by atoms with Crippen molar-refractivity contribution in [1.82, 2.24) is 9.97 Å². The number of anilines is 1. The predicted octanol–water partition coefficient (Wildman–Crippen LogP) is 2.29. The quantitative estimate of drug-likeness (QED) is 0.814. The average molecular weight is 203 g/mol. The Kier molecular flexibility index (Phi) is 2.55. The third-order valence-electron chi connectivity index (χ3n) is 1.66. The van der Waals surface area contributed by atoms with Crippen LogP contribution in [0.5, 0.6) is 0 Å². The molecule has 0 atom stereocenters. The highest BCUT2D eigenvalue weighted by Crippen LogP contribution is 2.12. The molecule has 0 radical (unpaired) electrons. The van der Waals surface area contributed by atoms with Gasteiger partial charge in [0.2, 0.25) is 5.95 Å². The van der Waals surface area contributed by atoms with E-state index in [1.54, 1.807) is 17.5 Å². The van der Waals surface area contributed by atoms with Gasteiger partial charge >= 0.3 is 0 Å². The Hall–Kier alpha value is -1.68. The highest BCUT2D eigenvalue weighted by molar-refractivity contribution is 7.10. The summed E-state index contributed by atoms with van der Waals surface area (Å²) in [5.41, 5.74) is 6.28. The molecule has 0 fully saturated rings. The lowest BCUT2D eigenvalue weighted by Crippen LogP contribution is -1.94. The molecular weight excluding hydrogens is 194 g/mol. The van der Waals surface area contributed by atoms with Gasteiger partial charge in [-0.25, -0.2) is 9.97 Å². The Morgan fingerprint density at radius 2 is 2.21 bits per heavy atom. The average Bonchev–Trinajstić information content (AvgIpc) is 2.67. The van der Waals surface area contributed by atoms with E-state index in [-0.39, 0.29) is 0 Å². The first kappa shape index (κ1) is 8.90. The molecule has 0 bridgehead atoms. The van der Waals surface area contributed by atoms with Gasteiger partial charge in [-0.1, -0.05) is 6.07 Å². The van der Waals surface area contributed by atoms with Crippen LogP contribution in [-0.2, 0) is 0 Å². The minimum absolute atomic E-state index is 0.304. The molecule has 0 saturated carbocycles. The number of thiophene rings is 1. The zero-order chi connectivity index (χ0) is 9.80. The first-order valence-corrected chi connectivity index (χ1v) is 5.03. The molecule has 0 aliphatic carbocycles. The molecule has 0 aliphatic rings. The minimum Gasteiger partial charge on any atom is -0.368 e. The third-order valence-corrected chi connectivity index (χ3v) is 2.49. The monoisotopic (exact) mass is 203 g/mol.